The first-order chi connectivity index (χ1) is 12.6. The fourth-order valence-electron chi connectivity index (χ4n) is 2.82. The summed E-state index contributed by atoms with van der Waals surface area (Å²) in [6.45, 7) is 8.95. The van der Waals surface area contributed by atoms with Crippen molar-refractivity contribution in [2.24, 2.45) is 10.9 Å². The number of hydrogen-bond acceptors (Lipinski definition) is 5. The Labute approximate surface area is 178 Å². The van der Waals surface area contributed by atoms with Gasteiger partial charge in [-0.25, -0.2) is 0 Å². The van der Waals surface area contributed by atoms with Crippen LogP contribution in [-0.2, 0) is 9.53 Å². The van der Waals surface area contributed by atoms with Crippen molar-refractivity contribution in [2.45, 2.75) is 20.0 Å². The van der Waals surface area contributed by atoms with Crippen LogP contribution in [0.4, 0.5) is 5.69 Å². The molecule has 0 bridgehead atoms. The van der Waals surface area contributed by atoms with Crippen molar-refractivity contribution < 1.29 is 9.53 Å². The van der Waals surface area contributed by atoms with Gasteiger partial charge in [0.15, 0.2) is 5.96 Å². The molecular weight excluding hydrogens is 459 g/mol. The lowest BCUT2D eigenvalue weighted by Gasteiger charge is -2.34. The van der Waals surface area contributed by atoms with E-state index in [2.05, 4.69) is 44.7 Å². The number of ether oxygens (including phenoxy) is 1. The molecule has 2 heterocycles. The summed E-state index contributed by atoms with van der Waals surface area (Å²) in [6, 6.07) is 3.57. The monoisotopic (exact) mass is 490 g/mol. The van der Waals surface area contributed by atoms with E-state index in [0.717, 1.165) is 26.2 Å². The maximum absolute atomic E-state index is 12.0. The lowest BCUT2D eigenvalue weighted by Crippen LogP contribution is -2.50. The molecule has 1 aliphatic heterocycles. The van der Waals surface area contributed by atoms with E-state index in [1.807, 2.05) is 0 Å². The molecule has 0 aliphatic carbocycles. The third-order valence-corrected chi connectivity index (χ3v) is 3.93. The predicted molar refractivity (Wildman–Crippen MR) is 119 cm³/mol. The number of carbonyl (C=O) groups excluding carboxylic acids is 1. The largest absolute Gasteiger partial charge is 0.374 e. The number of halogens is 1. The molecule has 1 unspecified atom stereocenters. The second-order valence-corrected chi connectivity index (χ2v) is 6.74. The van der Waals surface area contributed by atoms with Crippen LogP contribution in [0.3, 0.4) is 0 Å². The number of anilines is 1. The number of nitrogens with one attached hydrogen (secondary N) is 3. The number of carbonyl (C=O) groups is 1. The Hall–Kier alpha value is -1.46. The molecule has 1 aromatic rings. The van der Waals surface area contributed by atoms with Gasteiger partial charge in [0.1, 0.15) is 0 Å². The van der Waals surface area contributed by atoms with Crippen molar-refractivity contribution in [3.63, 3.8) is 0 Å². The van der Waals surface area contributed by atoms with E-state index >= 15 is 0 Å². The molecule has 0 radical (unpaired) electrons. The molecule has 0 spiro atoms. The van der Waals surface area contributed by atoms with E-state index in [4.69, 9.17) is 4.74 Å². The van der Waals surface area contributed by atoms with E-state index < -0.39 is 0 Å². The van der Waals surface area contributed by atoms with Gasteiger partial charge in [0.25, 0.3) is 0 Å². The molecule has 3 N–H and O–H groups in total. The Morgan fingerprint density at radius 2 is 2.26 bits per heavy atom. The molecule has 0 saturated carbocycles. The van der Waals surface area contributed by atoms with Gasteiger partial charge in [-0.1, -0.05) is 13.8 Å². The van der Waals surface area contributed by atoms with Gasteiger partial charge in [0, 0.05) is 39.4 Å². The highest BCUT2D eigenvalue weighted by Crippen LogP contribution is 2.07. The van der Waals surface area contributed by atoms with E-state index in [1.54, 1.807) is 31.6 Å². The summed E-state index contributed by atoms with van der Waals surface area (Å²) >= 11 is 0. The fraction of sp³-hybridized carbons (Fsp3) is 0.611. The molecule has 1 aromatic heterocycles. The van der Waals surface area contributed by atoms with Gasteiger partial charge in [0.2, 0.25) is 5.91 Å². The highest BCUT2D eigenvalue weighted by molar-refractivity contribution is 14.0. The summed E-state index contributed by atoms with van der Waals surface area (Å²) < 4.78 is 5.82. The van der Waals surface area contributed by atoms with Gasteiger partial charge >= 0.3 is 0 Å². The number of aromatic nitrogens is 1. The average Bonchev–Trinajstić information content (AvgIpc) is 2.62. The van der Waals surface area contributed by atoms with Crippen molar-refractivity contribution in [1.82, 2.24) is 20.5 Å². The average molecular weight is 490 g/mol. The zero-order chi connectivity index (χ0) is 18.8. The first-order valence-corrected chi connectivity index (χ1v) is 9.05. The van der Waals surface area contributed by atoms with Crippen molar-refractivity contribution >= 4 is 41.5 Å². The van der Waals surface area contributed by atoms with E-state index in [1.165, 1.54) is 0 Å². The number of nitrogens with zero attached hydrogens (tertiary/aromatic N) is 3. The quantitative estimate of drug-likeness (QED) is 0.302. The van der Waals surface area contributed by atoms with Crippen molar-refractivity contribution in [2.75, 3.05) is 51.7 Å². The third-order valence-electron chi connectivity index (χ3n) is 3.93. The van der Waals surface area contributed by atoms with Crippen molar-refractivity contribution in [3.8, 4) is 0 Å². The Kier molecular flexibility index (Phi) is 11.2. The van der Waals surface area contributed by atoms with Crippen LogP contribution in [0.5, 0.6) is 0 Å². The summed E-state index contributed by atoms with van der Waals surface area (Å²) in [5, 5.41) is 9.01. The Morgan fingerprint density at radius 1 is 1.44 bits per heavy atom. The van der Waals surface area contributed by atoms with Gasteiger partial charge in [-0.2, -0.15) is 0 Å². The van der Waals surface area contributed by atoms with Gasteiger partial charge in [-0.15, -0.1) is 24.0 Å². The van der Waals surface area contributed by atoms with Crippen LogP contribution in [0, 0.1) is 5.92 Å². The summed E-state index contributed by atoms with van der Waals surface area (Å²) in [6.07, 6.45) is 3.38. The summed E-state index contributed by atoms with van der Waals surface area (Å²) in [4.78, 5) is 22.5. The second kappa shape index (κ2) is 12.8. The smallest absolute Gasteiger partial charge is 0.243 e. The molecule has 2 rings (SSSR count). The molecule has 1 saturated heterocycles. The van der Waals surface area contributed by atoms with Gasteiger partial charge < -0.3 is 20.7 Å². The lowest BCUT2D eigenvalue weighted by molar-refractivity contribution is -0.115. The van der Waals surface area contributed by atoms with Crippen LogP contribution < -0.4 is 16.0 Å². The van der Waals surface area contributed by atoms with E-state index in [0.29, 0.717) is 24.1 Å². The zero-order valence-electron chi connectivity index (χ0n) is 16.3. The minimum Gasteiger partial charge on any atom is -0.374 e. The maximum atomic E-state index is 12.0. The van der Waals surface area contributed by atoms with Crippen LogP contribution in [0.15, 0.2) is 29.5 Å². The molecule has 1 atom stereocenters. The Morgan fingerprint density at radius 3 is 2.93 bits per heavy atom. The van der Waals surface area contributed by atoms with E-state index in [-0.39, 0.29) is 42.5 Å². The Bertz CT molecular complexity index is 584. The van der Waals surface area contributed by atoms with E-state index in [9.17, 15) is 4.79 Å². The summed E-state index contributed by atoms with van der Waals surface area (Å²) in [5.41, 5.74) is 0.670. The molecule has 152 valence electrons. The topological polar surface area (TPSA) is 90.9 Å². The molecule has 27 heavy (non-hydrogen) atoms. The number of aliphatic imine (C=N–C) groups is 1. The number of pyridine rings is 1. The standard InChI is InChI=1S/C18H30N6O2.HI/c1-14(2)12-24-7-8-26-16(13-24)10-21-18(19-3)22-11-17(25)23-15-5-4-6-20-9-15;/h4-6,9,14,16H,7-8,10-13H2,1-3H3,(H,23,25)(H2,19,21,22);1H. The minimum atomic E-state index is -0.155. The van der Waals surface area contributed by atoms with Gasteiger partial charge in [-0.3, -0.25) is 19.7 Å². The van der Waals surface area contributed by atoms with Gasteiger partial charge in [-0.05, 0) is 18.1 Å². The third kappa shape index (κ3) is 9.34. The first-order valence-electron chi connectivity index (χ1n) is 9.05. The van der Waals surface area contributed by atoms with Crippen LogP contribution in [0.1, 0.15) is 13.8 Å². The van der Waals surface area contributed by atoms with Crippen molar-refractivity contribution in [3.05, 3.63) is 24.5 Å². The second-order valence-electron chi connectivity index (χ2n) is 6.74. The SMILES string of the molecule is CN=C(NCC(=O)Nc1cccnc1)NCC1CN(CC(C)C)CCO1.I. The first kappa shape index (κ1) is 23.6. The normalized spacial score (nSPS) is 17.9. The Balaban J connectivity index is 0.00000364. The van der Waals surface area contributed by atoms with Crippen LogP contribution >= 0.6 is 24.0 Å². The number of rotatable bonds is 7. The zero-order valence-corrected chi connectivity index (χ0v) is 18.6. The van der Waals surface area contributed by atoms with Crippen LogP contribution in [0.25, 0.3) is 0 Å². The molecule has 9 heteroatoms. The molecule has 8 nitrogen and oxygen atoms in total. The number of amides is 1. The molecule has 0 aromatic carbocycles. The van der Waals surface area contributed by atoms with Crippen LogP contribution in [0.2, 0.25) is 0 Å². The molecule has 1 fully saturated rings. The highest BCUT2D eigenvalue weighted by atomic mass is 127. The molecule has 1 amide bonds. The van der Waals surface area contributed by atoms with Gasteiger partial charge in [0.05, 0.1) is 31.1 Å². The van der Waals surface area contributed by atoms with Crippen LogP contribution in [-0.4, -0.2) is 74.2 Å². The summed E-state index contributed by atoms with van der Waals surface area (Å²) in [5.74, 6) is 1.07. The molecule has 1 aliphatic rings. The predicted octanol–water partition coefficient (Wildman–Crippen LogP) is 1.16. The lowest BCUT2D eigenvalue weighted by atomic mass is 10.2. The minimum absolute atomic E-state index is 0. The number of hydrogen-bond donors (Lipinski definition) is 3. The fourth-order valence-corrected chi connectivity index (χ4v) is 2.82. The number of morpholine rings is 1. The van der Waals surface area contributed by atoms with Crippen molar-refractivity contribution in [1.29, 1.82) is 0 Å². The highest BCUT2D eigenvalue weighted by Gasteiger charge is 2.21. The maximum Gasteiger partial charge on any atom is 0.243 e. The number of guanidine groups is 1. The summed E-state index contributed by atoms with van der Waals surface area (Å²) in [7, 11) is 1.68. The molecular formula is C18H31IN6O2.